The molecule has 0 radical (unpaired) electrons. The summed E-state index contributed by atoms with van der Waals surface area (Å²) in [5.41, 5.74) is 9.54. The first kappa shape index (κ1) is 12.2. The Kier molecular flexibility index (Phi) is 3.29. The fourth-order valence-corrected chi connectivity index (χ4v) is 2.67. The summed E-state index contributed by atoms with van der Waals surface area (Å²) in [6.45, 7) is 6.69. The molecular weight excluding hydrogens is 210 g/mol. The standard InChI is InChI=1S/C14H23N3/c1-10(2)17-9-11(8-16(3)4)13-6-5-12(15)7-14(13)17/h5-7,10-11H,8-9,15H2,1-4H3. The van der Waals surface area contributed by atoms with Gasteiger partial charge in [0.2, 0.25) is 0 Å². The van der Waals surface area contributed by atoms with Crippen LogP contribution in [0.25, 0.3) is 0 Å². The van der Waals surface area contributed by atoms with Crippen LogP contribution in [-0.2, 0) is 0 Å². The summed E-state index contributed by atoms with van der Waals surface area (Å²) < 4.78 is 0. The van der Waals surface area contributed by atoms with Crippen molar-refractivity contribution in [1.29, 1.82) is 0 Å². The fraction of sp³-hybridized carbons (Fsp3) is 0.571. The van der Waals surface area contributed by atoms with Crippen LogP contribution in [0.2, 0.25) is 0 Å². The minimum atomic E-state index is 0.530. The van der Waals surface area contributed by atoms with Crippen LogP contribution in [-0.4, -0.2) is 38.1 Å². The second-order valence-corrected chi connectivity index (χ2v) is 5.52. The van der Waals surface area contributed by atoms with Gasteiger partial charge in [0.05, 0.1) is 0 Å². The summed E-state index contributed by atoms with van der Waals surface area (Å²) >= 11 is 0. The minimum absolute atomic E-state index is 0.530. The van der Waals surface area contributed by atoms with E-state index in [-0.39, 0.29) is 0 Å². The van der Waals surface area contributed by atoms with Crippen molar-refractivity contribution in [2.75, 3.05) is 37.8 Å². The Morgan fingerprint density at radius 3 is 2.71 bits per heavy atom. The maximum Gasteiger partial charge on any atom is 0.0425 e. The van der Waals surface area contributed by atoms with Gasteiger partial charge in [-0.3, -0.25) is 0 Å². The molecule has 1 aromatic carbocycles. The molecule has 2 rings (SSSR count). The molecule has 0 spiro atoms. The highest BCUT2D eigenvalue weighted by Gasteiger charge is 2.30. The van der Waals surface area contributed by atoms with Crippen molar-refractivity contribution in [3.8, 4) is 0 Å². The topological polar surface area (TPSA) is 32.5 Å². The van der Waals surface area contributed by atoms with Gasteiger partial charge in [0, 0.05) is 36.4 Å². The molecular formula is C14H23N3. The summed E-state index contributed by atoms with van der Waals surface area (Å²) in [6.07, 6.45) is 0. The van der Waals surface area contributed by atoms with Crippen LogP contribution in [0.15, 0.2) is 18.2 Å². The van der Waals surface area contributed by atoms with E-state index in [4.69, 9.17) is 5.73 Å². The van der Waals surface area contributed by atoms with Crippen molar-refractivity contribution >= 4 is 11.4 Å². The maximum absolute atomic E-state index is 5.90. The number of hydrogen-bond donors (Lipinski definition) is 1. The van der Waals surface area contributed by atoms with E-state index in [2.05, 4.69) is 49.9 Å². The third-order valence-electron chi connectivity index (χ3n) is 3.43. The Morgan fingerprint density at radius 1 is 1.41 bits per heavy atom. The molecule has 3 nitrogen and oxygen atoms in total. The van der Waals surface area contributed by atoms with Crippen molar-refractivity contribution in [3.05, 3.63) is 23.8 Å². The zero-order chi connectivity index (χ0) is 12.6. The number of rotatable bonds is 3. The fourth-order valence-electron chi connectivity index (χ4n) is 2.67. The molecule has 3 heteroatoms. The molecule has 0 saturated carbocycles. The Hall–Kier alpha value is -1.22. The van der Waals surface area contributed by atoms with Crippen LogP contribution < -0.4 is 10.6 Å². The van der Waals surface area contributed by atoms with Gasteiger partial charge in [-0.1, -0.05) is 6.07 Å². The normalized spacial score (nSPS) is 19.2. The van der Waals surface area contributed by atoms with Crippen LogP contribution in [0.4, 0.5) is 11.4 Å². The molecule has 17 heavy (non-hydrogen) atoms. The zero-order valence-corrected chi connectivity index (χ0v) is 11.3. The summed E-state index contributed by atoms with van der Waals surface area (Å²) in [5, 5.41) is 0. The van der Waals surface area contributed by atoms with E-state index in [0.29, 0.717) is 12.0 Å². The Morgan fingerprint density at radius 2 is 2.12 bits per heavy atom. The lowest BCUT2D eigenvalue weighted by molar-refractivity contribution is 0.377. The second-order valence-electron chi connectivity index (χ2n) is 5.52. The first-order valence-electron chi connectivity index (χ1n) is 6.30. The van der Waals surface area contributed by atoms with E-state index in [0.717, 1.165) is 18.8 Å². The molecule has 1 unspecified atom stereocenters. The highest BCUT2D eigenvalue weighted by Crippen LogP contribution is 2.38. The van der Waals surface area contributed by atoms with Gasteiger partial charge >= 0.3 is 0 Å². The Bertz CT molecular complexity index is 398. The number of anilines is 2. The number of nitrogens with zero attached hydrogens (tertiary/aromatic N) is 2. The summed E-state index contributed by atoms with van der Waals surface area (Å²) in [5.74, 6) is 0.600. The summed E-state index contributed by atoms with van der Waals surface area (Å²) in [4.78, 5) is 4.72. The van der Waals surface area contributed by atoms with Gasteiger partial charge in [-0.2, -0.15) is 0 Å². The average molecular weight is 233 g/mol. The van der Waals surface area contributed by atoms with E-state index in [1.54, 1.807) is 0 Å². The van der Waals surface area contributed by atoms with Crippen molar-refractivity contribution in [1.82, 2.24) is 4.90 Å². The van der Waals surface area contributed by atoms with Gasteiger partial charge in [-0.05, 0) is 45.6 Å². The van der Waals surface area contributed by atoms with E-state index in [1.807, 2.05) is 6.07 Å². The predicted octanol–water partition coefficient (Wildman–Crippen LogP) is 2.14. The monoisotopic (exact) mass is 233 g/mol. The highest BCUT2D eigenvalue weighted by atomic mass is 15.2. The first-order chi connectivity index (χ1) is 7.99. The van der Waals surface area contributed by atoms with E-state index in [9.17, 15) is 0 Å². The molecule has 1 aliphatic rings. The maximum atomic E-state index is 5.90. The quantitative estimate of drug-likeness (QED) is 0.812. The number of nitrogen functional groups attached to an aromatic ring is 1. The smallest absolute Gasteiger partial charge is 0.0425 e. The Balaban J connectivity index is 2.34. The predicted molar refractivity (Wildman–Crippen MR) is 74.6 cm³/mol. The van der Waals surface area contributed by atoms with Gasteiger partial charge in [0.25, 0.3) is 0 Å². The molecule has 1 atom stereocenters. The SMILES string of the molecule is CC(C)N1CC(CN(C)C)c2ccc(N)cc21. The van der Waals surface area contributed by atoms with Crippen LogP contribution in [0, 0.1) is 0 Å². The number of hydrogen-bond acceptors (Lipinski definition) is 3. The Labute approximate surface area is 104 Å². The van der Waals surface area contributed by atoms with Gasteiger partial charge < -0.3 is 15.5 Å². The summed E-state index contributed by atoms with van der Waals surface area (Å²) in [6, 6.07) is 6.86. The molecule has 94 valence electrons. The van der Waals surface area contributed by atoms with Gasteiger partial charge in [0.1, 0.15) is 0 Å². The first-order valence-corrected chi connectivity index (χ1v) is 6.30. The molecule has 0 aliphatic carbocycles. The summed E-state index contributed by atoms with van der Waals surface area (Å²) in [7, 11) is 4.27. The van der Waals surface area contributed by atoms with Crippen molar-refractivity contribution in [2.45, 2.75) is 25.8 Å². The number of fused-ring (bicyclic) bond motifs is 1. The molecule has 1 heterocycles. The van der Waals surface area contributed by atoms with Gasteiger partial charge in [-0.25, -0.2) is 0 Å². The van der Waals surface area contributed by atoms with Crippen LogP contribution in [0.5, 0.6) is 0 Å². The zero-order valence-electron chi connectivity index (χ0n) is 11.3. The molecule has 1 aromatic rings. The largest absolute Gasteiger partial charge is 0.399 e. The minimum Gasteiger partial charge on any atom is -0.399 e. The number of likely N-dealkylation sites (N-methyl/N-ethyl adjacent to an activating group) is 1. The third kappa shape index (κ3) is 2.39. The molecule has 0 bridgehead atoms. The second kappa shape index (κ2) is 4.57. The van der Waals surface area contributed by atoms with Crippen molar-refractivity contribution in [2.24, 2.45) is 0 Å². The van der Waals surface area contributed by atoms with Gasteiger partial charge in [-0.15, -0.1) is 0 Å². The lowest BCUT2D eigenvalue weighted by atomic mass is 10.0. The van der Waals surface area contributed by atoms with Crippen molar-refractivity contribution < 1.29 is 0 Å². The number of benzene rings is 1. The molecule has 0 amide bonds. The molecule has 0 aromatic heterocycles. The van der Waals surface area contributed by atoms with Crippen LogP contribution >= 0.6 is 0 Å². The number of nitrogens with two attached hydrogens (primary N) is 1. The van der Waals surface area contributed by atoms with E-state index in [1.165, 1.54) is 11.3 Å². The highest BCUT2D eigenvalue weighted by molar-refractivity contribution is 5.66. The van der Waals surface area contributed by atoms with E-state index >= 15 is 0 Å². The molecule has 2 N–H and O–H groups in total. The van der Waals surface area contributed by atoms with Crippen LogP contribution in [0.1, 0.15) is 25.3 Å². The lowest BCUT2D eigenvalue weighted by Crippen LogP contribution is -2.31. The van der Waals surface area contributed by atoms with E-state index < -0.39 is 0 Å². The average Bonchev–Trinajstić information content (AvgIpc) is 2.55. The molecule has 0 fully saturated rings. The molecule has 1 aliphatic heterocycles. The van der Waals surface area contributed by atoms with Gasteiger partial charge in [0.15, 0.2) is 0 Å². The van der Waals surface area contributed by atoms with Crippen molar-refractivity contribution in [3.63, 3.8) is 0 Å². The third-order valence-corrected chi connectivity index (χ3v) is 3.43. The molecule has 0 saturated heterocycles. The van der Waals surface area contributed by atoms with Crippen LogP contribution in [0.3, 0.4) is 0 Å². The lowest BCUT2D eigenvalue weighted by Gasteiger charge is -2.25.